The van der Waals surface area contributed by atoms with Gasteiger partial charge in [0.05, 0.1) is 22.1 Å². The molecule has 2 heterocycles. The predicted molar refractivity (Wildman–Crippen MR) is 146 cm³/mol. The van der Waals surface area contributed by atoms with Crippen LogP contribution in [-0.2, 0) is 44.7 Å². The van der Waals surface area contributed by atoms with Gasteiger partial charge in [-0.15, -0.1) is 11.8 Å². The van der Waals surface area contributed by atoms with E-state index in [4.69, 9.17) is 18.9 Å². The number of non-ortho nitro benzene ring substituents is 1. The molecule has 0 aromatic heterocycles. The summed E-state index contributed by atoms with van der Waals surface area (Å²) in [6.07, 6.45) is -2.84. The Labute approximate surface area is 248 Å². The van der Waals surface area contributed by atoms with E-state index in [1.165, 1.54) is 49.0 Å². The van der Waals surface area contributed by atoms with E-state index < -0.39 is 70.2 Å². The van der Waals surface area contributed by atoms with Gasteiger partial charge in [-0.2, -0.15) is 0 Å². The Hall–Kier alpha value is -4.51. The number of carbonyl (C=O) groups excluding carboxylic acids is 5. The second-order valence-electron chi connectivity index (χ2n) is 9.28. The van der Waals surface area contributed by atoms with E-state index in [9.17, 15) is 44.0 Å². The van der Waals surface area contributed by atoms with Gasteiger partial charge in [0.15, 0.2) is 5.78 Å². The third-order valence-electron chi connectivity index (χ3n) is 6.49. The number of rotatable bonds is 12. The van der Waals surface area contributed by atoms with Gasteiger partial charge in [-0.05, 0) is 31.0 Å². The van der Waals surface area contributed by atoms with Crippen LogP contribution >= 0.6 is 11.8 Å². The molecule has 2 aliphatic heterocycles. The first-order valence-electron chi connectivity index (χ1n) is 12.9. The zero-order valence-electron chi connectivity index (χ0n) is 22.9. The topological polar surface area (TPSA) is 218 Å². The van der Waals surface area contributed by atoms with Crippen LogP contribution in [0.5, 0.6) is 0 Å². The highest BCUT2D eigenvalue weighted by atomic mass is 32.2. The predicted octanol–water partition coefficient (Wildman–Crippen LogP) is 1.45. The number of likely N-dealkylation sites (tertiary alicyclic amines) is 1. The Morgan fingerprint density at radius 2 is 1.95 bits per heavy atom. The highest BCUT2D eigenvalue weighted by Gasteiger charge is 2.61. The maximum absolute atomic E-state index is 13.3. The number of nitrogens with one attached hydrogen (secondary N) is 1. The molecule has 3 amide bonds. The lowest BCUT2D eigenvalue weighted by Crippen LogP contribution is -2.73. The number of thioether (sulfide) groups is 1. The van der Waals surface area contributed by atoms with Gasteiger partial charge in [0.2, 0.25) is 5.91 Å². The molecule has 232 valence electrons. The number of Topliss-reactive ketones (excluding diaryl/α,β-unsaturated/α-hetero) is 1. The molecule has 3 rings (SSSR count). The highest BCUT2D eigenvalue weighted by molar-refractivity contribution is 8.00. The zero-order valence-corrected chi connectivity index (χ0v) is 23.7. The summed E-state index contributed by atoms with van der Waals surface area (Å²) in [5, 5.41) is 21.8. The van der Waals surface area contributed by atoms with Crippen molar-refractivity contribution in [1.82, 2.24) is 10.2 Å². The molecule has 0 aliphatic carbocycles. The Bertz CT molecular complexity index is 1270. The van der Waals surface area contributed by atoms with Crippen LogP contribution < -0.4 is 5.32 Å². The van der Waals surface area contributed by atoms with E-state index >= 15 is 0 Å². The number of nitro groups is 1. The van der Waals surface area contributed by atoms with E-state index in [1.54, 1.807) is 0 Å². The van der Waals surface area contributed by atoms with Crippen LogP contribution in [0.25, 0.3) is 0 Å². The summed E-state index contributed by atoms with van der Waals surface area (Å²) in [6.45, 7) is 4.64. The molecule has 2 aliphatic rings. The van der Waals surface area contributed by atoms with Crippen LogP contribution in [-0.4, -0.2) is 99.8 Å². The van der Waals surface area contributed by atoms with Gasteiger partial charge in [-0.1, -0.05) is 12.7 Å². The van der Waals surface area contributed by atoms with Crippen molar-refractivity contribution < 1.29 is 57.7 Å². The number of carboxylic acid groups (broad SMARTS) is 1. The Morgan fingerprint density at radius 3 is 2.58 bits per heavy atom. The van der Waals surface area contributed by atoms with Crippen LogP contribution in [0.1, 0.15) is 18.9 Å². The molecule has 1 aromatic carbocycles. The quantitative estimate of drug-likeness (QED) is 0.0640. The van der Waals surface area contributed by atoms with E-state index in [0.717, 1.165) is 0 Å². The second kappa shape index (κ2) is 15.1. The van der Waals surface area contributed by atoms with Crippen molar-refractivity contribution in [2.75, 3.05) is 25.5 Å². The number of amides is 3. The summed E-state index contributed by atoms with van der Waals surface area (Å²) in [5.74, 6) is -5.86. The summed E-state index contributed by atoms with van der Waals surface area (Å²) in [4.78, 5) is 84.3. The number of ether oxygens (including phenoxy) is 4. The van der Waals surface area contributed by atoms with Crippen molar-refractivity contribution in [2.45, 2.75) is 43.5 Å². The zero-order chi connectivity index (χ0) is 31.7. The van der Waals surface area contributed by atoms with Crippen molar-refractivity contribution in [3.63, 3.8) is 0 Å². The van der Waals surface area contributed by atoms with E-state index in [-0.39, 0.29) is 44.2 Å². The lowest BCUT2D eigenvalue weighted by Gasteiger charge is -2.50. The number of ketones is 1. The molecule has 2 saturated heterocycles. The third-order valence-corrected chi connectivity index (χ3v) is 7.80. The number of nitrogens with zero attached hydrogens (tertiary/aromatic N) is 2. The van der Waals surface area contributed by atoms with Crippen molar-refractivity contribution in [3.8, 4) is 0 Å². The minimum atomic E-state index is -1.91. The lowest BCUT2D eigenvalue weighted by atomic mass is 9.77. The number of alkyl carbamates (subject to hydrolysis) is 1. The number of aliphatic carboxylic acids is 1. The molecule has 1 aromatic rings. The number of hydrogen-bond acceptors (Lipinski definition) is 13. The van der Waals surface area contributed by atoms with Crippen LogP contribution in [0.15, 0.2) is 36.9 Å². The largest absolute Gasteiger partial charge is 0.508 e. The fourth-order valence-corrected chi connectivity index (χ4v) is 5.53. The van der Waals surface area contributed by atoms with Crippen LogP contribution in [0.4, 0.5) is 15.3 Å². The van der Waals surface area contributed by atoms with Crippen LogP contribution in [0, 0.1) is 16.0 Å². The molecule has 1 unspecified atom stereocenters. The number of carbonyl (C=O) groups is 6. The average Bonchev–Trinajstić information content (AvgIpc) is 2.96. The molecular formula is C26H29N3O13S. The van der Waals surface area contributed by atoms with Gasteiger partial charge in [0.1, 0.15) is 25.4 Å². The standard InChI is InChI=1S/C26H29N3O13S/c1-3-10-40-26(36)42-14(2)18-19(28(22(18)31)23(32)24(33)34)21-20(30)17(8-11-39-21)43-12-9-27-25(35)41-13-15-4-6-16(7-5-15)29(37)38/h3-7,14,17-19,21H,1,8-13H2,2H3,(H,27,35)(H,33,34)/t14-,17?,18-,19+,21-/m1/s1. The first-order chi connectivity index (χ1) is 20.5. The maximum atomic E-state index is 13.3. The monoisotopic (exact) mass is 623 g/mol. The molecule has 0 spiro atoms. The van der Waals surface area contributed by atoms with Gasteiger partial charge in [-0.3, -0.25) is 29.4 Å². The van der Waals surface area contributed by atoms with Crippen molar-refractivity contribution in [3.05, 3.63) is 52.6 Å². The third kappa shape index (κ3) is 8.29. The van der Waals surface area contributed by atoms with Crippen molar-refractivity contribution in [1.29, 1.82) is 0 Å². The van der Waals surface area contributed by atoms with E-state index in [0.29, 0.717) is 10.5 Å². The number of carboxylic acids is 1. The van der Waals surface area contributed by atoms with Crippen molar-refractivity contribution >= 4 is 53.3 Å². The molecule has 2 fully saturated rings. The van der Waals surface area contributed by atoms with Crippen LogP contribution in [0.2, 0.25) is 0 Å². The van der Waals surface area contributed by atoms with E-state index in [2.05, 4.69) is 11.9 Å². The number of hydrogen-bond donors (Lipinski definition) is 2. The second-order valence-corrected chi connectivity index (χ2v) is 10.6. The highest BCUT2D eigenvalue weighted by Crippen LogP contribution is 2.38. The molecule has 16 nitrogen and oxygen atoms in total. The smallest absolute Gasteiger partial charge is 0.474 e. The van der Waals surface area contributed by atoms with Gasteiger partial charge in [-0.25, -0.2) is 14.4 Å². The van der Waals surface area contributed by atoms with E-state index in [1.807, 2.05) is 0 Å². The van der Waals surface area contributed by atoms with Crippen LogP contribution in [0.3, 0.4) is 0 Å². The first kappa shape index (κ1) is 33.0. The molecule has 5 atom stereocenters. The fourth-order valence-electron chi connectivity index (χ4n) is 4.47. The fraction of sp³-hybridized carbons (Fsp3) is 0.462. The molecule has 0 radical (unpaired) electrons. The summed E-state index contributed by atoms with van der Waals surface area (Å²) < 4.78 is 20.5. The molecule has 0 saturated carbocycles. The summed E-state index contributed by atoms with van der Waals surface area (Å²) >= 11 is 1.18. The molecule has 2 N–H and O–H groups in total. The summed E-state index contributed by atoms with van der Waals surface area (Å²) in [6, 6.07) is 4.16. The molecule has 43 heavy (non-hydrogen) atoms. The Kier molecular flexibility index (Phi) is 11.6. The molecule has 17 heteroatoms. The lowest BCUT2D eigenvalue weighted by molar-refractivity contribution is -0.384. The summed E-state index contributed by atoms with van der Waals surface area (Å²) in [5.41, 5.74) is 0.452. The minimum absolute atomic E-state index is 0.0574. The molecular weight excluding hydrogens is 594 g/mol. The maximum Gasteiger partial charge on any atom is 0.508 e. The number of benzene rings is 1. The number of β-lactam (4-membered cyclic amide) rings is 1. The number of nitro benzene ring substituents is 1. The average molecular weight is 624 g/mol. The normalized spacial score (nSPS) is 22.0. The Morgan fingerprint density at radius 1 is 1.26 bits per heavy atom. The van der Waals surface area contributed by atoms with Crippen molar-refractivity contribution in [2.24, 2.45) is 5.92 Å². The van der Waals surface area contributed by atoms with Gasteiger partial charge >= 0.3 is 24.1 Å². The van der Waals surface area contributed by atoms with Gasteiger partial charge in [0, 0.05) is 31.0 Å². The Balaban J connectivity index is 1.55. The minimum Gasteiger partial charge on any atom is -0.474 e. The SMILES string of the molecule is C=CCOC(=O)O[C@H](C)[C@H]1C(=O)N(C(=O)C(=O)O)[C@@H]1[C@H]1OCCC(SCCNC(=O)OCc2ccc([N+](=O)[O-])cc2)C1=O. The molecule has 0 bridgehead atoms. The summed E-state index contributed by atoms with van der Waals surface area (Å²) in [7, 11) is 0. The van der Waals surface area contributed by atoms with Gasteiger partial charge in [0.25, 0.3) is 5.69 Å². The number of imide groups is 1. The first-order valence-corrected chi connectivity index (χ1v) is 14.0. The van der Waals surface area contributed by atoms with Gasteiger partial charge < -0.3 is 29.4 Å².